The molecule has 2 rings (SSSR count). The highest BCUT2D eigenvalue weighted by atomic mass is 79.9. The van der Waals surface area contributed by atoms with Crippen molar-refractivity contribution < 1.29 is 14.6 Å². The molecule has 0 fully saturated rings. The van der Waals surface area contributed by atoms with Gasteiger partial charge in [0.05, 0.1) is 18.5 Å². The van der Waals surface area contributed by atoms with Crippen LogP contribution in [0.1, 0.15) is 16.1 Å². The highest BCUT2D eigenvalue weighted by molar-refractivity contribution is 9.10. The van der Waals surface area contributed by atoms with Crippen molar-refractivity contribution in [1.82, 2.24) is 9.78 Å². The van der Waals surface area contributed by atoms with Gasteiger partial charge in [-0.15, -0.1) is 0 Å². The zero-order valence-corrected chi connectivity index (χ0v) is 11.4. The summed E-state index contributed by atoms with van der Waals surface area (Å²) in [5.41, 5.74) is 1.23. The molecule has 0 radical (unpaired) electrons. The minimum Gasteiger partial charge on any atom is -0.480 e. The number of rotatable bonds is 3. The van der Waals surface area contributed by atoms with Gasteiger partial charge in [0.15, 0.2) is 0 Å². The second kappa shape index (κ2) is 4.81. The van der Waals surface area contributed by atoms with Crippen LogP contribution in [0, 0.1) is 6.92 Å². The minimum absolute atomic E-state index is 0.0810. The number of halogens is 1. The fourth-order valence-corrected chi connectivity index (χ4v) is 2.11. The highest BCUT2D eigenvalue weighted by Gasteiger charge is 2.22. The number of carboxylic acids is 1. The Bertz CT molecular complexity index is 607. The quantitative estimate of drug-likeness (QED) is 0.946. The molecule has 1 aromatic carbocycles. The first-order valence-electron chi connectivity index (χ1n) is 5.17. The van der Waals surface area contributed by atoms with Gasteiger partial charge in [0.25, 0.3) is 0 Å². The first-order valence-corrected chi connectivity index (χ1v) is 5.96. The second-order valence-corrected chi connectivity index (χ2v) is 4.58. The Hall–Kier alpha value is -1.82. The van der Waals surface area contributed by atoms with Crippen molar-refractivity contribution in [3.8, 4) is 11.6 Å². The standard InChI is InChI=1S/C12H11BrN2O3/c1-7-10(12(16)17)11(18-2)15(14-7)9-5-3-4-8(13)6-9/h3-6H,1-2H3,(H,16,17). The number of carboxylic acid groups (broad SMARTS) is 1. The molecule has 0 unspecified atom stereocenters. The number of aromatic nitrogens is 2. The van der Waals surface area contributed by atoms with E-state index in [-0.39, 0.29) is 11.4 Å². The van der Waals surface area contributed by atoms with Crippen molar-refractivity contribution in [2.45, 2.75) is 6.92 Å². The summed E-state index contributed by atoms with van der Waals surface area (Å²) in [5.74, 6) is -0.830. The van der Waals surface area contributed by atoms with Crippen LogP contribution in [0.5, 0.6) is 5.88 Å². The van der Waals surface area contributed by atoms with E-state index in [4.69, 9.17) is 9.84 Å². The van der Waals surface area contributed by atoms with Crippen molar-refractivity contribution in [2.75, 3.05) is 7.11 Å². The van der Waals surface area contributed by atoms with E-state index >= 15 is 0 Å². The van der Waals surface area contributed by atoms with E-state index in [0.717, 1.165) is 10.2 Å². The van der Waals surface area contributed by atoms with Crippen LogP contribution in [0.3, 0.4) is 0 Å². The van der Waals surface area contributed by atoms with E-state index in [0.29, 0.717) is 5.69 Å². The lowest BCUT2D eigenvalue weighted by Gasteiger charge is -2.06. The van der Waals surface area contributed by atoms with Crippen molar-refractivity contribution in [2.24, 2.45) is 0 Å². The smallest absolute Gasteiger partial charge is 0.343 e. The summed E-state index contributed by atoms with van der Waals surface area (Å²) < 4.78 is 7.51. The predicted molar refractivity (Wildman–Crippen MR) is 69.5 cm³/mol. The van der Waals surface area contributed by atoms with E-state index in [2.05, 4.69) is 21.0 Å². The Morgan fingerprint density at radius 3 is 2.78 bits per heavy atom. The number of ether oxygens (including phenoxy) is 1. The molecular weight excluding hydrogens is 300 g/mol. The molecule has 5 nitrogen and oxygen atoms in total. The molecule has 94 valence electrons. The monoisotopic (exact) mass is 310 g/mol. The fourth-order valence-electron chi connectivity index (χ4n) is 1.72. The van der Waals surface area contributed by atoms with Gasteiger partial charge in [-0.1, -0.05) is 22.0 Å². The Kier molecular flexibility index (Phi) is 3.38. The zero-order valence-electron chi connectivity index (χ0n) is 9.85. The largest absolute Gasteiger partial charge is 0.480 e. The molecule has 1 N–H and O–H groups in total. The fraction of sp³-hybridized carbons (Fsp3) is 0.167. The van der Waals surface area contributed by atoms with E-state index in [1.807, 2.05) is 24.3 Å². The normalized spacial score (nSPS) is 10.4. The number of hydrogen-bond donors (Lipinski definition) is 1. The van der Waals surface area contributed by atoms with Crippen LogP contribution in [0.2, 0.25) is 0 Å². The lowest BCUT2D eigenvalue weighted by Crippen LogP contribution is -2.03. The van der Waals surface area contributed by atoms with Crippen LogP contribution in [-0.2, 0) is 0 Å². The molecule has 2 aromatic rings. The molecule has 0 amide bonds. The van der Waals surface area contributed by atoms with Gasteiger partial charge >= 0.3 is 5.97 Å². The average molecular weight is 311 g/mol. The van der Waals surface area contributed by atoms with Crippen LogP contribution in [-0.4, -0.2) is 28.0 Å². The highest BCUT2D eigenvalue weighted by Crippen LogP contribution is 2.26. The lowest BCUT2D eigenvalue weighted by molar-refractivity contribution is 0.0692. The van der Waals surface area contributed by atoms with Crippen LogP contribution in [0.25, 0.3) is 5.69 Å². The molecule has 0 bridgehead atoms. The van der Waals surface area contributed by atoms with Crippen LogP contribution < -0.4 is 4.74 Å². The molecule has 0 saturated carbocycles. The van der Waals surface area contributed by atoms with Crippen molar-refractivity contribution >= 4 is 21.9 Å². The van der Waals surface area contributed by atoms with Crippen molar-refractivity contribution in [3.05, 3.63) is 40.0 Å². The molecule has 1 heterocycles. The molecule has 0 atom stereocenters. The number of aromatic carboxylic acids is 1. The van der Waals surface area contributed by atoms with Gasteiger partial charge < -0.3 is 9.84 Å². The summed E-state index contributed by atoms with van der Waals surface area (Å²) in [4.78, 5) is 11.2. The summed E-state index contributed by atoms with van der Waals surface area (Å²) in [6.45, 7) is 1.64. The Morgan fingerprint density at radius 1 is 1.50 bits per heavy atom. The first-order chi connectivity index (χ1) is 8.54. The number of benzene rings is 1. The van der Waals surface area contributed by atoms with Gasteiger partial charge in [0.1, 0.15) is 5.56 Å². The molecule has 0 aliphatic rings. The molecule has 0 aliphatic heterocycles. The summed E-state index contributed by atoms with van der Waals surface area (Å²) >= 11 is 3.36. The summed E-state index contributed by atoms with van der Waals surface area (Å²) in [6.07, 6.45) is 0. The lowest BCUT2D eigenvalue weighted by atomic mass is 10.2. The van der Waals surface area contributed by atoms with E-state index in [9.17, 15) is 4.79 Å². The molecule has 0 spiro atoms. The van der Waals surface area contributed by atoms with Gasteiger partial charge in [-0.2, -0.15) is 5.10 Å². The first kappa shape index (κ1) is 12.6. The molecule has 0 aliphatic carbocycles. The Morgan fingerprint density at radius 2 is 2.22 bits per heavy atom. The third-order valence-corrected chi connectivity index (χ3v) is 2.97. The van der Waals surface area contributed by atoms with Crippen LogP contribution in [0.4, 0.5) is 0 Å². The third kappa shape index (κ3) is 2.11. The number of hydrogen-bond acceptors (Lipinski definition) is 3. The van der Waals surface area contributed by atoms with Crippen molar-refractivity contribution in [1.29, 1.82) is 0 Å². The Balaban J connectivity index is 2.65. The van der Waals surface area contributed by atoms with E-state index < -0.39 is 5.97 Å². The molecule has 1 aromatic heterocycles. The molecule has 18 heavy (non-hydrogen) atoms. The van der Waals surface area contributed by atoms with Gasteiger partial charge in [0.2, 0.25) is 5.88 Å². The van der Waals surface area contributed by atoms with Gasteiger partial charge in [0, 0.05) is 4.47 Å². The summed E-state index contributed by atoms with van der Waals surface area (Å²) in [6, 6.07) is 7.38. The van der Waals surface area contributed by atoms with Crippen LogP contribution >= 0.6 is 15.9 Å². The maximum atomic E-state index is 11.2. The number of carbonyl (C=O) groups is 1. The predicted octanol–water partition coefficient (Wildman–Crippen LogP) is 2.65. The number of aryl methyl sites for hydroxylation is 1. The van der Waals surface area contributed by atoms with E-state index in [1.54, 1.807) is 6.92 Å². The van der Waals surface area contributed by atoms with Gasteiger partial charge in [-0.3, -0.25) is 0 Å². The van der Waals surface area contributed by atoms with Crippen LogP contribution in [0.15, 0.2) is 28.7 Å². The number of methoxy groups -OCH3 is 1. The Labute approximate surface area is 112 Å². The maximum absolute atomic E-state index is 11.2. The molecular formula is C12H11BrN2O3. The SMILES string of the molecule is COc1c(C(=O)O)c(C)nn1-c1cccc(Br)c1. The molecule has 6 heteroatoms. The summed E-state index contributed by atoms with van der Waals surface area (Å²) in [5, 5.41) is 13.4. The second-order valence-electron chi connectivity index (χ2n) is 3.67. The van der Waals surface area contributed by atoms with Crippen molar-refractivity contribution in [3.63, 3.8) is 0 Å². The van der Waals surface area contributed by atoms with Gasteiger partial charge in [-0.05, 0) is 25.1 Å². The molecule has 0 saturated heterocycles. The maximum Gasteiger partial charge on any atom is 0.343 e. The topological polar surface area (TPSA) is 64.3 Å². The minimum atomic E-state index is -1.05. The third-order valence-electron chi connectivity index (χ3n) is 2.48. The number of nitrogens with zero attached hydrogens (tertiary/aromatic N) is 2. The zero-order chi connectivity index (χ0) is 13.3. The van der Waals surface area contributed by atoms with Gasteiger partial charge in [-0.25, -0.2) is 9.48 Å². The van der Waals surface area contributed by atoms with E-state index in [1.165, 1.54) is 11.8 Å². The summed E-state index contributed by atoms with van der Waals surface area (Å²) in [7, 11) is 1.43. The average Bonchev–Trinajstić information content (AvgIpc) is 2.66.